The normalized spacial score (nSPS) is 10.2. The van der Waals surface area contributed by atoms with Crippen molar-refractivity contribution in [1.82, 2.24) is 10.2 Å². The Morgan fingerprint density at radius 1 is 1.08 bits per heavy atom. The second-order valence-corrected chi connectivity index (χ2v) is 5.99. The van der Waals surface area contributed by atoms with Crippen LogP contribution in [0.5, 0.6) is 5.75 Å². The Balaban J connectivity index is 1.89. The molecule has 2 rings (SSSR count). The van der Waals surface area contributed by atoms with E-state index in [1.54, 1.807) is 7.11 Å². The number of nitrogens with zero attached hydrogens (tertiary/aromatic N) is 1. The van der Waals surface area contributed by atoms with Gasteiger partial charge in [0.25, 0.3) is 0 Å². The monoisotopic (exact) mass is 340 g/mol. The average molecular weight is 340 g/mol. The number of amides is 2. The van der Waals surface area contributed by atoms with Crippen LogP contribution in [0.2, 0.25) is 0 Å². The molecule has 0 aliphatic rings. The van der Waals surface area contributed by atoms with Gasteiger partial charge < -0.3 is 15.0 Å². The minimum Gasteiger partial charge on any atom is -0.497 e. The number of hydrogen-bond acceptors (Lipinski definition) is 3. The molecule has 0 atom stereocenters. The van der Waals surface area contributed by atoms with Crippen LogP contribution in [0.3, 0.4) is 0 Å². The SMILES string of the molecule is COc1ccc(CNC(=O)CN(Cc2cccc(C)c2)C(C)=O)cc1. The fraction of sp³-hybridized carbons (Fsp3) is 0.300. The van der Waals surface area contributed by atoms with Crippen molar-refractivity contribution in [2.45, 2.75) is 26.9 Å². The van der Waals surface area contributed by atoms with Gasteiger partial charge >= 0.3 is 0 Å². The van der Waals surface area contributed by atoms with E-state index in [1.807, 2.05) is 55.5 Å². The summed E-state index contributed by atoms with van der Waals surface area (Å²) in [5.74, 6) is 0.468. The second kappa shape index (κ2) is 8.87. The lowest BCUT2D eigenvalue weighted by atomic mass is 10.1. The molecular formula is C20H24N2O3. The lowest BCUT2D eigenvalue weighted by Crippen LogP contribution is -2.39. The zero-order valence-corrected chi connectivity index (χ0v) is 14.9. The van der Waals surface area contributed by atoms with Gasteiger partial charge in [0.1, 0.15) is 5.75 Å². The van der Waals surface area contributed by atoms with E-state index >= 15 is 0 Å². The van der Waals surface area contributed by atoms with Gasteiger partial charge in [-0.05, 0) is 30.2 Å². The highest BCUT2D eigenvalue weighted by Crippen LogP contribution is 2.11. The number of ether oxygens (including phenoxy) is 1. The smallest absolute Gasteiger partial charge is 0.239 e. The Bertz CT molecular complexity index is 726. The number of nitrogens with one attached hydrogen (secondary N) is 1. The van der Waals surface area contributed by atoms with Crippen LogP contribution in [0.4, 0.5) is 0 Å². The van der Waals surface area contributed by atoms with Crippen LogP contribution < -0.4 is 10.1 Å². The van der Waals surface area contributed by atoms with Crippen LogP contribution in [-0.2, 0) is 22.7 Å². The van der Waals surface area contributed by atoms with Gasteiger partial charge in [0, 0.05) is 20.0 Å². The highest BCUT2D eigenvalue weighted by atomic mass is 16.5. The summed E-state index contributed by atoms with van der Waals surface area (Å²) in [5.41, 5.74) is 3.12. The summed E-state index contributed by atoms with van der Waals surface area (Å²) in [4.78, 5) is 25.6. The Morgan fingerprint density at radius 2 is 1.80 bits per heavy atom. The maximum absolute atomic E-state index is 12.2. The van der Waals surface area contributed by atoms with Crippen molar-refractivity contribution in [2.24, 2.45) is 0 Å². The molecule has 0 heterocycles. The standard InChI is InChI=1S/C20H24N2O3/c1-15-5-4-6-18(11-15)13-22(16(2)23)14-20(24)21-12-17-7-9-19(25-3)10-8-17/h4-11H,12-14H2,1-3H3,(H,21,24). The van der Waals surface area contributed by atoms with Crippen molar-refractivity contribution >= 4 is 11.8 Å². The van der Waals surface area contributed by atoms with E-state index in [2.05, 4.69) is 5.32 Å². The quantitative estimate of drug-likeness (QED) is 0.843. The predicted molar refractivity (Wildman–Crippen MR) is 97.1 cm³/mol. The Kier molecular flexibility index (Phi) is 6.57. The van der Waals surface area contributed by atoms with Crippen LogP contribution in [0.25, 0.3) is 0 Å². The Hall–Kier alpha value is -2.82. The molecule has 0 aliphatic heterocycles. The van der Waals surface area contributed by atoms with Crippen LogP contribution in [0, 0.1) is 6.92 Å². The van der Waals surface area contributed by atoms with Crippen LogP contribution >= 0.6 is 0 Å². The zero-order valence-electron chi connectivity index (χ0n) is 14.9. The van der Waals surface area contributed by atoms with Gasteiger partial charge in [-0.3, -0.25) is 9.59 Å². The molecule has 5 nitrogen and oxygen atoms in total. The predicted octanol–water partition coefficient (Wildman–Crippen LogP) is 2.67. The van der Waals surface area contributed by atoms with Gasteiger partial charge in [0.05, 0.1) is 13.7 Å². The number of carbonyl (C=O) groups excluding carboxylic acids is 2. The molecule has 0 unspecified atom stereocenters. The summed E-state index contributed by atoms with van der Waals surface area (Å²) >= 11 is 0. The van der Waals surface area contributed by atoms with Crippen molar-refractivity contribution in [3.63, 3.8) is 0 Å². The minimum atomic E-state index is -0.182. The first-order valence-electron chi connectivity index (χ1n) is 8.18. The Labute approximate surface area is 148 Å². The van der Waals surface area contributed by atoms with Gasteiger partial charge in [0.15, 0.2) is 0 Å². The van der Waals surface area contributed by atoms with Crippen molar-refractivity contribution in [3.8, 4) is 5.75 Å². The number of benzene rings is 2. The molecule has 0 saturated heterocycles. The fourth-order valence-electron chi connectivity index (χ4n) is 2.48. The first kappa shape index (κ1) is 18.5. The zero-order chi connectivity index (χ0) is 18.2. The fourth-order valence-corrected chi connectivity index (χ4v) is 2.48. The highest BCUT2D eigenvalue weighted by molar-refractivity contribution is 5.83. The molecule has 1 N–H and O–H groups in total. The third kappa shape index (κ3) is 5.95. The lowest BCUT2D eigenvalue weighted by molar-refractivity contribution is -0.135. The molecule has 5 heteroatoms. The number of methoxy groups -OCH3 is 1. The Morgan fingerprint density at radius 3 is 2.40 bits per heavy atom. The number of rotatable bonds is 7. The van der Waals surface area contributed by atoms with Crippen molar-refractivity contribution < 1.29 is 14.3 Å². The van der Waals surface area contributed by atoms with Crippen molar-refractivity contribution in [2.75, 3.05) is 13.7 Å². The number of carbonyl (C=O) groups is 2. The third-order valence-corrected chi connectivity index (χ3v) is 3.88. The van der Waals surface area contributed by atoms with E-state index in [9.17, 15) is 9.59 Å². The van der Waals surface area contributed by atoms with Gasteiger partial charge in [0.2, 0.25) is 11.8 Å². The molecule has 0 aliphatic carbocycles. The molecule has 0 radical (unpaired) electrons. The van der Waals surface area contributed by atoms with Crippen LogP contribution in [0.1, 0.15) is 23.6 Å². The molecule has 0 bridgehead atoms. The second-order valence-electron chi connectivity index (χ2n) is 5.99. The molecule has 2 aromatic rings. The third-order valence-electron chi connectivity index (χ3n) is 3.88. The first-order chi connectivity index (χ1) is 12.0. The molecule has 2 aromatic carbocycles. The van der Waals surface area contributed by atoms with Gasteiger partial charge in [-0.1, -0.05) is 42.0 Å². The van der Waals surface area contributed by atoms with Crippen molar-refractivity contribution in [1.29, 1.82) is 0 Å². The topological polar surface area (TPSA) is 58.6 Å². The van der Waals surface area contributed by atoms with E-state index in [-0.39, 0.29) is 18.4 Å². The van der Waals surface area contributed by atoms with E-state index in [1.165, 1.54) is 11.8 Å². The van der Waals surface area contributed by atoms with Gasteiger partial charge in [-0.15, -0.1) is 0 Å². The average Bonchev–Trinajstić information content (AvgIpc) is 2.60. The summed E-state index contributed by atoms with van der Waals surface area (Å²) in [5, 5.41) is 2.85. The summed E-state index contributed by atoms with van der Waals surface area (Å²) < 4.78 is 5.11. The van der Waals surface area contributed by atoms with Gasteiger partial charge in [-0.25, -0.2) is 0 Å². The minimum absolute atomic E-state index is 0.0411. The largest absolute Gasteiger partial charge is 0.497 e. The molecule has 0 saturated carbocycles. The summed E-state index contributed by atoms with van der Waals surface area (Å²) in [6.45, 7) is 4.36. The molecule has 0 fully saturated rings. The summed E-state index contributed by atoms with van der Waals surface area (Å²) in [7, 11) is 1.61. The molecule has 0 spiro atoms. The van der Waals surface area contributed by atoms with E-state index in [0.717, 1.165) is 22.4 Å². The lowest BCUT2D eigenvalue weighted by Gasteiger charge is -2.21. The molecule has 25 heavy (non-hydrogen) atoms. The van der Waals surface area contributed by atoms with Gasteiger partial charge in [-0.2, -0.15) is 0 Å². The van der Waals surface area contributed by atoms with E-state index < -0.39 is 0 Å². The number of hydrogen-bond donors (Lipinski definition) is 1. The van der Waals surface area contributed by atoms with E-state index in [0.29, 0.717) is 13.1 Å². The molecular weight excluding hydrogens is 316 g/mol. The molecule has 2 amide bonds. The highest BCUT2D eigenvalue weighted by Gasteiger charge is 2.14. The number of aryl methyl sites for hydroxylation is 1. The van der Waals surface area contributed by atoms with Crippen LogP contribution in [0.15, 0.2) is 48.5 Å². The first-order valence-corrected chi connectivity index (χ1v) is 8.18. The molecule has 132 valence electrons. The van der Waals surface area contributed by atoms with Crippen LogP contribution in [-0.4, -0.2) is 30.4 Å². The van der Waals surface area contributed by atoms with E-state index in [4.69, 9.17) is 4.74 Å². The van der Waals surface area contributed by atoms with Crippen molar-refractivity contribution in [3.05, 3.63) is 65.2 Å². The summed E-state index contributed by atoms with van der Waals surface area (Å²) in [6.07, 6.45) is 0. The maximum Gasteiger partial charge on any atom is 0.239 e. The summed E-state index contributed by atoms with van der Waals surface area (Å²) in [6, 6.07) is 15.4. The molecule has 0 aromatic heterocycles. The maximum atomic E-state index is 12.2.